The first kappa shape index (κ1) is 18.3. The van der Waals surface area contributed by atoms with Gasteiger partial charge in [0.05, 0.1) is 32.2 Å². The van der Waals surface area contributed by atoms with Crippen LogP contribution < -0.4 is 9.47 Å². The molecule has 0 radical (unpaired) electrons. The minimum atomic E-state index is -3.54. The van der Waals surface area contributed by atoms with Crippen LogP contribution in [0.25, 0.3) is 0 Å². The molecule has 3 rings (SSSR count). The van der Waals surface area contributed by atoms with Gasteiger partial charge in [-0.25, -0.2) is 8.42 Å². The predicted octanol–water partition coefficient (Wildman–Crippen LogP) is 3.12. The maximum absolute atomic E-state index is 12.3. The molecule has 0 saturated carbocycles. The van der Waals surface area contributed by atoms with Crippen molar-refractivity contribution in [3.63, 3.8) is 0 Å². The lowest BCUT2D eigenvalue weighted by molar-refractivity contribution is 0.329. The zero-order chi connectivity index (χ0) is 18.9. The highest BCUT2D eigenvalue weighted by molar-refractivity contribution is 7.88. The van der Waals surface area contributed by atoms with E-state index in [9.17, 15) is 8.42 Å². The summed E-state index contributed by atoms with van der Waals surface area (Å²) in [5.41, 5.74) is 3.50. The average molecular weight is 374 g/mol. The third kappa shape index (κ3) is 3.39. The van der Waals surface area contributed by atoms with Crippen molar-refractivity contribution in [2.24, 2.45) is 5.10 Å². The Morgan fingerprint density at radius 2 is 1.77 bits per heavy atom. The van der Waals surface area contributed by atoms with Crippen LogP contribution in [0.15, 0.2) is 47.6 Å². The fraction of sp³-hybridized carbons (Fsp3) is 0.316. The molecular formula is C19H22N2O4S. The average Bonchev–Trinajstić information content (AvgIpc) is 3.07. The number of sulfonamides is 1. The van der Waals surface area contributed by atoms with E-state index >= 15 is 0 Å². The zero-order valence-electron chi connectivity index (χ0n) is 15.3. The van der Waals surface area contributed by atoms with Gasteiger partial charge in [-0.2, -0.15) is 9.52 Å². The van der Waals surface area contributed by atoms with Crippen LogP contribution in [0.4, 0.5) is 0 Å². The lowest BCUT2D eigenvalue weighted by Gasteiger charge is -2.23. The van der Waals surface area contributed by atoms with Crippen molar-refractivity contribution < 1.29 is 17.9 Å². The first-order valence-corrected chi connectivity index (χ1v) is 10.0. The van der Waals surface area contributed by atoms with E-state index in [4.69, 9.17) is 9.47 Å². The summed E-state index contributed by atoms with van der Waals surface area (Å²) in [6, 6.07) is 12.9. The van der Waals surface area contributed by atoms with Crippen molar-refractivity contribution in [1.82, 2.24) is 4.41 Å². The van der Waals surface area contributed by atoms with Crippen LogP contribution in [-0.2, 0) is 10.0 Å². The van der Waals surface area contributed by atoms with Crippen molar-refractivity contribution in [2.45, 2.75) is 19.4 Å². The third-order valence-corrected chi connectivity index (χ3v) is 5.41. The quantitative estimate of drug-likeness (QED) is 0.806. The molecular weight excluding hydrogens is 352 g/mol. The minimum Gasteiger partial charge on any atom is -0.493 e. The second kappa shape index (κ2) is 6.99. The van der Waals surface area contributed by atoms with E-state index in [0.717, 1.165) is 28.7 Å². The highest BCUT2D eigenvalue weighted by atomic mass is 32.2. The van der Waals surface area contributed by atoms with E-state index in [1.165, 1.54) is 4.41 Å². The highest BCUT2D eigenvalue weighted by Gasteiger charge is 2.36. The second-order valence-corrected chi connectivity index (χ2v) is 8.09. The number of hydrogen-bond donors (Lipinski definition) is 0. The van der Waals surface area contributed by atoms with Crippen molar-refractivity contribution >= 4 is 15.7 Å². The highest BCUT2D eigenvalue weighted by Crippen LogP contribution is 2.42. The summed E-state index contributed by atoms with van der Waals surface area (Å²) < 4.78 is 36.7. The number of hydrogen-bond acceptors (Lipinski definition) is 5. The normalized spacial score (nSPS) is 17.2. The molecule has 0 saturated heterocycles. The number of nitrogens with zero attached hydrogens (tertiary/aromatic N) is 2. The van der Waals surface area contributed by atoms with Gasteiger partial charge < -0.3 is 9.47 Å². The second-order valence-electron chi connectivity index (χ2n) is 6.25. The Labute approximate surface area is 154 Å². The van der Waals surface area contributed by atoms with Gasteiger partial charge in [0.1, 0.15) is 0 Å². The van der Waals surface area contributed by atoms with Gasteiger partial charge in [-0.3, -0.25) is 0 Å². The molecule has 2 aromatic rings. The first-order valence-electron chi connectivity index (χ1n) is 8.20. The molecule has 0 aliphatic carbocycles. The minimum absolute atomic E-state index is 0.458. The Morgan fingerprint density at radius 3 is 2.35 bits per heavy atom. The third-order valence-electron chi connectivity index (χ3n) is 4.39. The van der Waals surface area contributed by atoms with Gasteiger partial charge >= 0.3 is 0 Å². The molecule has 2 aromatic carbocycles. The molecule has 0 aromatic heterocycles. The maximum Gasteiger partial charge on any atom is 0.247 e. The maximum atomic E-state index is 12.3. The molecule has 1 aliphatic rings. The summed E-state index contributed by atoms with van der Waals surface area (Å²) in [7, 11) is -0.445. The van der Waals surface area contributed by atoms with E-state index in [-0.39, 0.29) is 0 Å². The standard InChI is InChI=1S/C19H22N2O4S/c1-13-8-10-14(11-9-13)16-12-17(21(20-16)26(4,22)23)15-6-5-7-18(24-2)19(15)25-3/h5-11,17H,12H2,1-4H3/t17-/m1/s1. The number of hydrazone groups is 1. The fourth-order valence-corrected chi connectivity index (χ4v) is 4.02. The number of rotatable bonds is 5. The molecule has 0 bridgehead atoms. The van der Waals surface area contributed by atoms with Crippen molar-refractivity contribution in [2.75, 3.05) is 20.5 Å². The number of para-hydroxylation sites is 1. The Hall–Kier alpha value is -2.54. The number of methoxy groups -OCH3 is 2. The van der Waals surface area contributed by atoms with E-state index in [1.807, 2.05) is 43.3 Å². The molecule has 138 valence electrons. The number of ether oxygens (including phenoxy) is 2. The van der Waals surface area contributed by atoms with Gasteiger partial charge in [0.15, 0.2) is 11.5 Å². The van der Waals surface area contributed by atoms with Gasteiger partial charge in [0.25, 0.3) is 0 Å². The summed E-state index contributed by atoms with van der Waals surface area (Å²) in [5, 5.41) is 4.41. The summed E-state index contributed by atoms with van der Waals surface area (Å²) in [4.78, 5) is 0. The lowest BCUT2D eigenvalue weighted by Crippen LogP contribution is -2.26. The number of aryl methyl sites for hydroxylation is 1. The summed E-state index contributed by atoms with van der Waals surface area (Å²) in [5.74, 6) is 1.08. The van der Waals surface area contributed by atoms with Crippen LogP contribution in [0, 0.1) is 6.92 Å². The summed E-state index contributed by atoms with van der Waals surface area (Å²) >= 11 is 0. The van der Waals surface area contributed by atoms with Crippen LogP contribution in [-0.4, -0.2) is 39.0 Å². The van der Waals surface area contributed by atoms with E-state index in [1.54, 1.807) is 20.3 Å². The largest absolute Gasteiger partial charge is 0.493 e. The Balaban J connectivity index is 2.07. The van der Waals surface area contributed by atoms with E-state index < -0.39 is 16.1 Å². The molecule has 0 spiro atoms. The molecule has 7 heteroatoms. The van der Waals surface area contributed by atoms with Gasteiger partial charge in [0, 0.05) is 12.0 Å². The Bertz CT molecular complexity index is 937. The molecule has 0 amide bonds. The molecule has 0 N–H and O–H groups in total. The number of benzene rings is 2. The van der Waals surface area contributed by atoms with Gasteiger partial charge in [-0.05, 0) is 18.6 Å². The molecule has 1 aliphatic heterocycles. The van der Waals surface area contributed by atoms with E-state index in [2.05, 4.69) is 5.10 Å². The molecule has 0 fully saturated rings. The fourth-order valence-electron chi connectivity index (χ4n) is 3.12. The molecule has 6 nitrogen and oxygen atoms in total. The SMILES string of the molecule is COc1cccc([C@H]2CC(c3ccc(C)cc3)=NN2S(C)(=O)=O)c1OC. The molecule has 26 heavy (non-hydrogen) atoms. The van der Waals surface area contributed by atoms with Crippen molar-refractivity contribution in [3.05, 3.63) is 59.2 Å². The van der Waals surface area contributed by atoms with Crippen LogP contribution in [0.3, 0.4) is 0 Å². The molecule has 0 unspecified atom stereocenters. The van der Waals surface area contributed by atoms with Crippen molar-refractivity contribution in [1.29, 1.82) is 0 Å². The zero-order valence-corrected chi connectivity index (χ0v) is 16.1. The lowest BCUT2D eigenvalue weighted by atomic mass is 9.97. The Kier molecular flexibility index (Phi) is 4.91. The Morgan fingerprint density at radius 1 is 1.08 bits per heavy atom. The molecule has 1 atom stereocenters. The van der Waals surface area contributed by atoms with Gasteiger partial charge in [0.2, 0.25) is 10.0 Å². The van der Waals surface area contributed by atoms with Crippen LogP contribution in [0.5, 0.6) is 11.5 Å². The monoisotopic (exact) mass is 374 g/mol. The van der Waals surface area contributed by atoms with Crippen LogP contribution >= 0.6 is 0 Å². The van der Waals surface area contributed by atoms with Crippen LogP contribution in [0.2, 0.25) is 0 Å². The van der Waals surface area contributed by atoms with Crippen LogP contribution in [0.1, 0.15) is 29.2 Å². The smallest absolute Gasteiger partial charge is 0.247 e. The van der Waals surface area contributed by atoms with E-state index in [0.29, 0.717) is 17.9 Å². The topological polar surface area (TPSA) is 68.2 Å². The first-order chi connectivity index (χ1) is 12.3. The summed E-state index contributed by atoms with van der Waals surface area (Å²) in [6.07, 6.45) is 1.62. The van der Waals surface area contributed by atoms with Gasteiger partial charge in [-0.1, -0.05) is 42.0 Å². The van der Waals surface area contributed by atoms with Gasteiger partial charge in [-0.15, -0.1) is 0 Å². The predicted molar refractivity (Wildman–Crippen MR) is 101 cm³/mol. The van der Waals surface area contributed by atoms with Crippen molar-refractivity contribution in [3.8, 4) is 11.5 Å². The summed E-state index contributed by atoms with van der Waals surface area (Å²) in [6.45, 7) is 2.01. The molecule has 1 heterocycles.